The Morgan fingerprint density at radius 1 is 1.47 bits per heavy atom. The molecule has 5 nitrogen and oxygen atoms in total. The minimum Gasteiger partial charge on any atom is -0.330 e. The fourth-order valence-electron chi connectivity index (χ4n) is 2.54. The van der Waals surface area contributed by atoms with Crippen LogP contribution in [0.2, 0.25) is 0 Å². The molecule has 0 spiro atoms. The Kier molecular flexibility index (Phi) is 6.31. The number of carbonyl (C=O) groups excluding carboxylic acids is 1. The Hall–Kier alpha value is -1.07. The summed E-state index contributed by atoms with van der Waals surface area (Å²) in [6.07, 6.45) is 6.69. The fourth-order valence-corrected chi connectivity index (χ4v) is 2.54. The number of nitrogens with zero attached hydrogens (tertiary/aromatic N) is 2. The third-order valence-electron chi connectivity index (χ3n) is 3.56. The van der Waals surface area contributed by atoms with Crippen LogP contribution in [0.15, 0.2) is 6.07 Å². The van der Waals surface area contributed by atoms with Crippen molar-refractivity contribution >= 4 is 24.1 Å². The van der Waals surface area contributed by atoms with Gasteiger partial charge in [0.2, 0.25) is 5.91 Å². The maximum absolute atomic E-state index is 11.5. The second-order valence-corrected chi connectivity index (χ2v) is 5.00. The summed E-state index contributed by atoms with van der Waals surface area (Å²) in [6, 6.07) is 2.00. The summed E-state index contributed by atoms with van der Waals surface area (Å²) in [5, 5.41) is 7.37. The number of aryl methyl sites for hydroxylation is 1. The van der Waals surface area contributed by atoms with Gasteiger partial charge in [-0.3, -0.25) is 9.48 Å². The molecule has 1 amide bonds. The van der Waals surface area contributed by atoms with Crippen LogP contribution < -0.4 is 11.1 Å². The molecular formula is C13H23ClN4O. The molecule has 6 heteroatoms. The van der Waals surface area contributed by atoms with E-state index >= 15 is 0 Å². The van der Waals surface area contributed by atoms with Crippen molar-refractivity contribution in [2.24, 2.45) is 12.8 Å². The van der Waals surface area contributed by atoms with E-state index in [0.29, 0.717) is 18.9 Å². The largest absolute Gasteiger partial charge is 0.330 e. The van der Waals surface area contributed by atoms with E-state index in [0.717, 1.165) is 11.5 Å². The number of aromatic nitrogens is 2. The van der Waals surface area contributed by atoms with E-state index in [1.165, 1.54) is 32.1 Å². The Morgan fingerprint density at radius 3 is 2.79 bits per heavy atom. The highest BCUT2D eigenvalue weighted by molar-refractivity contribution is 5.90. The second-order valence-electron chi connectivity index (χ2n) is 5.00. The quantitative estimate of drug-likeness (QED) is 0.891. The average Bonchev–Trinajstić information content (AvgIpc) is 2.72. The Morgan fingerprint density at radius 2 is 2.16 bits per heavy atom. The molecule has 1 aromatic rings. The highest BCUT2D eigenvalue weighted by Crippen LogP contribution is 2.32. The molecule has 0 atom stereocenters. The maximum atomic E-state index is 11.5. The van der Waals surface area contributed by atoms with Gasteiger partial charge in [0.25, 0.3) is 0 Å². The van der Waals surface area contributed by atoms with Crippen LogP contribution >= 0.6 is 12.4 Å². The average molecular weight is 287 g/mol. The molecule has 1 aliphatic carbocycles. The van der Waals surface area contributed by atoms with Crippen molar-refractivity contribution in [2.75, 3.05) is 11.9 Å². The molecule has 19 heavy (non-hydrogen) atoms. The van der Waals surface area contributed by atoms with Crippen molar-refractivity contribution in [2.45, 2.75) is 44.4 Å². The van der Waals surface area contributed by atoms with E-state index in [4.69, 9.17) is 5.73 Å². The zero-order chi connectivity index (χ0) is 13.0. The van der Waals surface area contributed by atoms with Gasteiger partial charge in [0, 0.05) is 32.0 Å². The summed E-state index contributed by atoms with van der Waals surface area (Å²) >= 11 is 0. The van der Waals surface area contributed by atoms with Gasteiger partial charge in [-0.05, 0) is 12.8 Å². The Bertz CT molecular complexity index is 413. The molecule has 108 valence electrons. The predicted octanol–water partition coefficient (Wildman–Crippen LogP) is 2.18. The standard InChI is InChI=1S/C13H22N4O.ClH/c1-17-12(15-13(18)7-8-14)9-11(16-17)10-5-3-2-4-6-10;/h9-10H,2-8,14H2,1H3,(H,15,18);1H. The van der Waals surface area contributed by atoms with Gasteiger partial charge < -0.3 is 11.1 Å². The molecule has 0 unspecified atom stereocenters. The number of nitrogens with one attached hydrogen (secondary N) is 1. The van der Waals surface area contributed by atoms with Gasteiger partial charge in [-0.15, -0.1) is 12.4 Å². The lowest BCUT2D eigenvalue weighted by atomic mass is 9.87. The SMILES string of the molecule is Cl.Cn1nc(C2CCCCC2)cc1NC(=O)CCN. The zero-order valence-electron chi connectivity index (χ0n) is 11.4. The Labute approximate surface area is 120 Å². The van der Waals surface area contributed by atoms with Gasteiger partial charge in [-0.2, -0.15) is 5.10 Å². The van der Waals surface area contributed by atoms with E-state index < -0.39 is 0 Å². The molecule has 1 aliphatic rings. The van der Waals surface area contributed by atoms with Crippen molar-refractivity contribution in [1.29, 1.82) is 0 Å². The third kappa shape index (κ3) is 4.21. The topological polar surface area (TPSA) is 72.9 Å². The molecule has 0 aliphatic heterocycles. The molecule has 1 heterocycles. The first-order valence-corrected chi connectivity index (χ1v) is 6.74. The molecule has 3 N–H and O–H groups in total. The predicted molar refractivity (Wildman–Crippen MR) is 78.6 cm³/mol. The van der Waals surface area contributed by atoms with Crippen LogP contribution in [0, 0.1) is 0 Å². The molecule has 0 bridgehead atoms. The number of hydrogen-bond donors (Lipinski definition) is 2. The molecule has 1 saturated carbocycles. The summed E-state index contributed by atoms with van der Waals surface area (Å²) in [4.78, 5) is 11.5. The summed E-state index contributed by atoms with van der Waals surface area (Å²) in [6.45, 7) is 0.374. The monoisotopic (exact) mass is 286 g/mol. The number of nitrogens with two attached hydrogens (primary N) is 1. The summed E-state index contributed by atoms with van der Waals surface area (Å²) in [5.74, 6) is 1.29. The van der Waals surface area contributed by atoms with Gasteiger partial charge >= 0.3 is 0 Å². The smallest absolute Gasteiger partial charge is 0.226 e. The van der Waals surface area contributed by atoms with Crippen molar-refractivity contribution in [3.05, 3.63) is 11.8 Å². The molecule has 0 radical (unpaired) electrons. The van der Waals surface area contributed by atoms with Crippen molar-refractivity contribution in [3.8, 4) is 0 Å². The number of amides is 1. The molecular weight excluding hydrogens is 264 g/mol. The van der Waals surface area contributed by atoms with E-state index in [1.54, 1.807) is 4.68 Å². The number of rotatable bonds is 4. The van der Waals surface area contributed by atoms with Crippen LogP contribution in [0.25, 0.3) is 0 Å². The lowest BCUT2D eigenvalue weighted by molar-refractivity contribution is -0.116. The fraction of sp³-hybridized carbons (Fsp3) is 0.692. The first kappa shape index (κ1) is 16.0. The number of hydrogen-bond acceptors (Lipinski definition) is 3. The van der Waals surface area contributed by atoms with Crippen molar-refractivity contribution in [1.82, 2.24) is 9.78 Å². The third-order valence-corrected chi connectivity index (χ3v) is 3.56. The highest BCUT2D eigenvalue weighted by Gasteiger charge is 2.19. The van der Waals surface area contributed by atoms with E-state index in [2.05, 4.69) is 10.4 Å². The highest BCUT2D eigenvalue weighted by atomic mass is 35.5. The lowest BCUT2D eigenvalue weighted by Gasteiger charge is -2.19. The molecule has 1 aromatic heterocycles. The maximum Gasteiger partial charge on any atom is 0.226 e. The van der Waals surface area contributed by atoms with E-state index in [-0.39, 0.29) is 18.3 Å². The van der Waals surface area contributed by atoms with Gasteiger partial charge in [0.1, 0.15) is 5.82 Å². The van der Waals surface area contributed by atoms with Crippen LogP contribution in [0.4, 0.5) is 5.82 Å². The number of anilines is 1. The van der Waals surface area contributed by atoms with Gasteiger partial charge in [-0.1, -0.05) is 19.3 Å². The van der Waals surface area contributed by atoms with Crippen LogP contribution in [-0.2, 0) is 11.8 Å². The zero-order valence-corrected chi connectivity index (χ0v) is 12.2. The lowest BCUT2D eigenvalue weighted by Crippen LogP contribution is -2.17. The van der Waals surface area contributed by atoms with Gasteiger partial charge in [0.05, 0.1) is 5.69 Å². The van der Waals surface area contributed by atoms with Crippen molar-refractivity contribution in [3.63, 3.8) is 0 Å². The minimum absolute atomic E-state index is 0. The van der Waals surface area contributed by atoms with Crippen LogP contribution in [0.3, 0.4) is 0 Å². The molecule has 0 saturated heterocycles. The normalized spacial score (nSPS) is 15.9. The summed E-state index contributed by atoms with van der Waals surface area (Å²) in [7, 11) is 1.87. The second kappa shape index (κ2) is 7.50. The number of halogens is 1. The first-order chi connectivity index (χ1) is 8.70. The van der Waals surface area contributed by atoms with E-state index in [1.807, 2.05) is 13.1 Å². The molecule has 0 aromatic carbocycles. The van der Waals surface area contributed by atoms with Crippen LogP contribution in [-0.4, -0.2) is 22.2 Å². The summed E-state index contributed by atoms with van der Waals surface area (Å²) in [5.41, 5.74) is 6.47. The molecule has 2 rings (SSSR count). The molecule has 1 fully saturated rings. The van der Waals surface area contributed by atoms with Crippen LogP contribution in [0.5, 0.6) is 0 Å². The van der Waals surface area contributed by atoms with E-state index in [9.17, 15) is 4.79 Å². The first-order valence-electron chi connectivity index (χ1n) is 6.74. The van der Waals surface area contributed by atoms with Gasteiger partial charge in [0.15, 0.2) is 0 Å². The Balaban J connectivity index is 0.00000180. The summed E-state index contributed by atoms with van der Waals surface area (Å²) < 4.78 is 1.75. The minimum atomic E-state index is -0.0457. The van der Waals surface area contributed by atoms with Crippen molar-refractivity contribution < 1.29 is 4.79 Å². The van der Waals surface area contributed by atoms with Gasteiger partial charge in [-0.25, -0.2) is 0 Å². The number of carbonyl (C=O) groups is 1. The van der Waals surface area contributed by atoms with Crippen LogP contribution in [0.1, 0.15) is 50.1 Å².